The van der Waals surface area contributed by atoms with Crippen molar-refractivity contribution in [1.82, 2.24) is 4.90 Å². The summed E-state index contributed by atoms with van der Waals surface area (Å²) >= 11 is 0. The van der Waals surface area contributed by atoms with Crippen molar-refractivity contribution in [2.45, 2.75) is 32.9 Å². The van der Waals surface area contributed by atoms with Crippen molar-refractivity contribution in [2.24, 2.45) is 0 Å². The quantitative estimate of drug-likeness (QED) is 0.572. The van der Waals surface area contributed by atoms with Crippen LogP contribution < -0.4 is 4.90 Å². The number of anilines is 1. The van der Waals surface area contributed by atoms with Crippen LogP contribution in [0.5, 0.6) is 0 Å². The number of nitrogens with zero attached hydrogens (tertiary/aromatic N) is 2. The van der Waals surface area contributed by atoms with Crippen molar-refractivity contribution < 1.29 is 14.0 Å². The number of carbonyl (C=O) groups excluding carboxylic acids is 2. The van der Waals surface area contributed by atoms with E-state index in [1.54, 1.807) is 23.1 Å². The van der Waals surface area contributed by atoms with Crippen LogP contribution in [0.15, 0.2) is 77.4 Å². The van der Waals surface area contributed by atoms with E-state index < -0.39 is 0 Å². The maximum absolute atomic E-state index is 12.6. The Morgan fingerprint density at radius 2 is 1.62 bits per heavy atom. The second kappa shape index (κ2) is 9.73. The van der Waals surface area contributed by atoms with Gasteiger partial charge in [0.2, 0.25) is 11.8 Å². The van der Waals surface area contributed by atoms with Gasteiger partial charge < -0.3 is 14.2 Å². The van der Waals surface area contributed by atoms with Gasteiger partial charge in [0.15, 0.2) is 0 Å². The smallest absolute Gasteiger partial charge is 0.227 e. The Bertz CT molecular complexity index is 936. The summed E-state index contributed by atoms with van der Waals surface area (Å²) in [4.78, 5) is 28.6. The number of hydrogen-bond donors (Lipinski definition) is 0. The summed E-state index contributed by atoms with van der Waals surface area (Å²) in [5.74, 6) is 0.791. The van der Waals surface area contributed by atoms with Crippen molar-refractivity contribution in [3.8, 4) is 0 Å². The van der Waals surface area contributed by atoms with Gasteiger partial charge in [0.25, 0.3) is 0 Å². The normalized spacial score (nSPS) is 10.6. The number of furan rings is 1. The molecule has 3 rings (SSSR count). The number of amides is 2. The van der Waals surface area contributed by atoms with Gasteiger partial charge in [0.05, 0.1) is 25.8 Å². The van der Waals surface area contributed by atoms with E-state index in [0.29, 0.717) is 19.5 Å². The SMILES string of the molecule is CCC(=O)N(Cc1ccccc1)c1cccc(CC(=O)N(C)Cc2ccco2)c1. The number of hydrogen-bond acceptors (Lipinski definition) is 3. The van der Waals surface area contributed by atoms with Crippen LogP contribution in [0, 0.1) is 0 Å². The Labute approximate surface area is 171 Å². The molecule has 1 heterocycles. The summed E-state index contributed by atoms with van der Waals surface area (Å²) in [6, 6.07) is 21.2. The highest BCUT2D eigenvalue weighted by Gasteiger charge is 2.17. The zero-order valence-corrected chi connectivity index (χ0v) is 16.9. The van der Waals surface area contributed by atoms with Crippen molar-refractivity contribution in [1.29, 1.82) is 0 Å². The average Bonchev–Trinajstić information content (AvgIpc) is 3.25. The summed E-state index contributed by atoms with van der Waals surface area (Å²) < 4.78 is 5.31. The molecule has 0 radical (unpaired) electrons. The standard InChI is InChI=1S/C24H26N2O3/c1-3-23(27)26(17-19-9-5-4-6-10-19)21-12-7-11-20(15-21)16-24(28)25(2)18-22-13-8-14-29-22/h4-15H,3,16-18H2,1-2H3. The molecule has 0 aliphatic carbocycles. The van der Waals surface area contributed by atoms with Crippen LogP contribution in [0.4, 0.5) is 5.69 Å². The van der Waals surface area contributed by atoms with Crippen molar-refractivity contribution in [3.05, 3.63) is 89.9 Å². The van der Waals surface area contributed by atoms with Gasteiger partial charge in [0, 0.05) is 19.2 Å². The summed E-state index contributed by atoms with van der Waals surface area (Å²) in [5, 5.41) is 0. The first-order valence-electron chi connectivity index (χ1n) is 9.76. The Kier molecular flexibility index (Phi) is 6.85. The Morgan fingerprint density at radius 1 is 0.862 bits per heavy atom. The zero-order valence-electron chi connectivity index (χ0n) is 16.9. The molecular weight excluding hydrogens is 364 g/mol. The molecule has 0 saturated carbocycles. The molecule has 0 fully saturated rings. The summed E-state index contributed by atoms with van der Waals surface area (Å²) in [5.41, 5.74) is 2.74. The Morgan fingerprint density at radius 3 is 2.31 bits per heavy atom. The molecule has 0 unspecified atom stereocenters. The van der Waals surface area contributed by atoms with Gasteiger partial charge in [-0.15, -0.1) is 0 Å². The van der Waals surface area contributed by atoms with E-state index in [4.69, 9.17) is 4.42 Å². The highest BCUT2D eigenvalue weighted by Crippen LogP contribution is 2.21. The van der Waals surface area contributed by atoms with Gasteiger partial charge in [0.1, 0.15) is 5.76 Å². The van der Waals surface area contributed by atoms with Crippen molar-refractivity contribution in [2.75, 3.05) is 11.9 Å². The minimum Gasteiger partial charge on any atom is -0.467 e. The average molecular weight is 390 g/mol. The van der Waals surface area contributed by atoms with E-state index in [2.05, 4.69) is 0 Å². The first-order chi connectivity index (χ1) is 14.1. The fraction of sp³-hybridized carbons (Fsp3) is 0.250. The van der Waals surface area contributed by atoms with E-state index in [9.17, 15) is 9.59 Å². The van der Waals surface area contributed by atoms with Gasteiger partial charge in [-0.3, -0.25) is 9.59 Å². The highest BCUT2D eigenvalue weighted by atomic mass is 16.3. The third-order valence-electron chi connectivity index (χ3n) is 4.76. The Balaban J connectivity index is 1.73. The van der Waals surface area contributed by atoms with E-state index in [1.807, 2.05) is 73.7 Å². The molecule has 0 aliphatic heterocycles. The minimum absolute atomic E-state index is 0.00465. The van der Waals surface area contributed by atoms with Crippen molar-refractivity contribution in [3.63, 3.8) is 0 Å². The second-order valence-corrected chi connectivity index (χ2v) is 6.99. The maximum atomic E-state index is 12.6. The molecule has 0 spiro atoms. The number of likely N-dealkylation sites (N-methyl/N-ethyl adjacent to an activating group) is 1. The predicted octanol–water partition coefficient (Wildman–Crippen LogP) is 4.42. The lowest BCUT2D eigenvalue weighted by atomic mass is 10.1. The Hall–Kier alpha value is -3.34. The van der Waals surface area contributed by atoms with Crippen LogP contribution in [-0.2, 0) is 29.1 Å². The van der Waals surface area contributed by atoms with E-state index >= 15 is 0 Å². The fourth-order valence-corrected chi connectivity index (χ4v) is 3.15. The molecule has 150 valence electrons. The van der Waals surface area contributed by atoms with Gasteiger partial charge in [-0.1, -0.05) is 49.4 Å². The molecule has 0 saturated heterocycles. The van der Waals surface area contributed by atoms with Gasteiger partial charge >= 0.3 is 0 Å². The topological polar surface area (TPSA) is 53.8 Å². The molecule has 5 heteroatoms. The van der Waals surface area contributed by atoms with Crippen LogP contribution in [0.3, 0.4) is 0 Å². The third-order valence-corrected chi connectivity index (χ3v) is 4.76. The molecule has 0 N–H and O–H groups in total. The van der Waals surface area contributed by atoms with Crippen LogP contribution in [0.1, 0.15) is 30.2 Å². The van der Waals surface area contributed by atoms with E-state index in [-0.39, 0.29) is 18.2 Å². The predicted molar refractivity (Wildman–Crippen MR) is 113 cm³/mol. The monoisotopic (exact) mass is 390 g/mol. The molecule has 1 aromatic heterocycles. The largest absolute Gasteiger partial charge is 0.467 e. The summed E-state index contributed by atoms with van der Waals surface area (Å²) in [7, 11) is 1.76. The van der Waals surface area contributed by atoms with E-state index in [1.165, 1.54) is 0 Å². The molecule has 2 aromatic carbocycles. The molecule has 0 aliphatic rings. The number of benzene rings is 2. The van der Waals surface area contributed by atoms with Crippen LogP contribution >= 0.6 is 0 Å². The lowest BCUT2D eigenvalue weighted by Gasteiger charge is -2.23. The van der Waals surface area contributed by atoms with Crippen LogP contribution in [-0.4, -0.2) is 23.8 Å². The first-order valence-corrected chi connectivity index (χ1v) is 9.76. The lowest BCUT2D eigenvalue weighted by Crippen LogP contribution is -2.30. The lowest BCUT2D eigenvalue weighted by molar-refractivity contribution is -0.129. The molecule has 3 aromatic rings. The zero-order chi connectivity index (χ0) is 20.6. The number of carbonyl (C=O) groups is 2. The molecule has 2 amide bonds. The molecular formula is C24H26N2O3. The molecule has 5 nitrogen and oxygen atoms in total. The molecule has 0 bridgehead atoms. The first kappa shape index (κ1) is 20.4. The fourth-order valence-electron chi connectivity index (χ4n) is 3.15. The minimum atomic E-state index is -0.00465. The molecule has 0 atom stereocenters. The maximum Gasteiger partial charge on any atom is 0.227 e. The van der Waals surface area contributed by atoms with Gasteiger partial charge in [-0.2, -0.15) is 0 Å². The van der Waals surface area contributed by atoms with Crippen LogP contribution in [0.2, 0.25) is 0 Å². The van der Waals surface area contributed by atoms with Gasteiger partial charge in [-0.25, -0.2) is 0 Å². The molecule has 29 heavy (non-hydrogen) atoms. The van der Waals surface area contributed by atoms with Gasteiger partial charge in [-0.05, 0) is 35.4 Å². The third kappa shape index (κ3) is 5.57. The summed E-state index contributed by atoms with van der Waals surface area (Å²) in [6.45, 7) is 2.79. The number of rotatable bonds is 8. The highest BCUT2D eigenvalue weighted by molar-refractivity contribution is 5.93. The van der Waals surface area contributed by atoms with E-state index in [0.717, 1.165) is 22.6 Å². The van der Waals surface area contributed by atoms with Crippen molar-refractivity contribution >= 4 is 17.5 Å². The van der Waals surface area contributed by atoms with Crippen LogP contribution in [0.25, 0.3) is 0 Å². The summed E-state index contributed by atoms with van der Waals surface area (Å²) in [6.07, 6.45) is 2.29. The second-order valence-electron chi connectivity index (χ2n) is 6.99.